The predicted molar refractivity (Wildman–Crippen MR) is 74.6 cm³/mol. The molecule has 2 rings (SSSR count). The van der Waals surface area contributed by atoms with E-state index in [0.717, 1.165) is 5.56 Å². The third-order valence-corrected chi connectivity index (χ3v) is 3.45. The Morgan fingerprint density at radius 1 is 1.11 bits per heavy atom. The van der Waals surface area contributed by atoms with Gasteiger partial charge in [-0.25, -0.2) is 4.39 Å². The Hall–Kier alpha value is -1.42. The average molecular weight is 280 g/mol. The Morgan fingerprint density at radius 2 is 1.79 bits per heavy atom. The van der Waals surface area contributed by atoms with Crippen LogP contribution in [0.2, 0.25) is 5.02 Å². The molecular formula is C15H15ClFNO. The minimum atomic E-state index is -1.02. The standard InChI is InChI=1S/C15H15ClFNO/c16-13-8-4-7-11(14(13)17)15(19)12(9-18)10-5-2-1-3-6-10/h1-8,12,15,19H,9,18H2. The average Bonchev–Trinajstić information content (AvgIpc) is 2.44. The molecule has 0 amide bonds. The molecule has 4 heteroatoms. The highest BCUT2D eigenvalue weighted by atomic mass is 35.5. The summed E-state index contributed by atoms with van der Waals surface area (Å²) in [5.41, 5.74) is 6.76. The van der Waals surface area contributed by atoms with Crippen LogP contribution in [0.15, 0.2) is 48.5 Å². The molecule has 0 saturated heterocycles. The number of rotatable bonds is 4. The van der Waals surface area contributed by atoms with E-state index in [1.54, 1.807) is 6.07 Å². The Labute approximate surface area is 116 Å². The molecule has 0 spiro atoms. The Balaban J connectivity index is 2.36. The summed E-state index contributed by atoms with van der Waals surface area (Å²) in [7, 11) is 0. The second-order valence-corrected chi connectivity index (χ2v) is 4.75. The van der Waals surface area contributed by atoms with E-state index in [1.165, 1.54) is 12.1 Å². The van der Waals surface area contributed by atoms with Crippen LogP contribution in [0.5, 0.6) is 0 Å². The summed E-state index contributed by atoms with van der Waals surface area (Å²) < 4.78 is 13.9. The molecule has 2 unspecified atom stereocenters. The fourth-order valence-corrected chi connectivity index (χ4v) is 2.30. The van der Waals surface area contributed by atoms with E-state index < -0.39 is 11.9 Å². The number of hydrogen-bond acceptors (Lipinski definition) is 2. The lowest BCUT2D eigenvalue weighted by atomic mass is 9.89. The van der Waals surface area contributed by atoms with Crippen molar-refractivity contribution in [2.45, 2.75) is 12.0 Å². The van der Waals surface area contributed by atoms with Gasteiger partial charge in [-0.15, -0.1) is 0 Å². The molecule has 0 aliphatic heterocycles. The van der Waals surface area contributed by atoms with Crippen molar-refractivity contribution >= 4 is 11.6 Å². The van der Waals surface area contributed by atoms with Gasteiger partial charge in [-0.1, -0.05) is 54.1 Å². The number of hydrogen-bond donors (Lipinski definition) is 2. The molecule has 19 heavy (non-hydrogen) atoms. The van der Waals surface area contributed by atoms with E-state index in [9.17, 15) is 9.50 Å². The second kappa shape index (κ2) is 6.15. The Bertz CT molecular complexity index is 547. The summed E-state index contributed by atoms with van der Waals surface area (Å²) >= 11 is 5.73. The van der Waals surface area contributed by atoms with Crippen molar-refractivity contribution < 1.29 is 9.50 Å². The zero-order chi connectivity index (χ0) is 13.8. The molecule has 0 heterocycles. The minimum Gasteiger partial charge on any atom is -0.388 e. The van der Waals surface area contributed by atoms with E-state index in [0.29, 0.717) is 0 Å². The maximum atomic E-state index is 13.9. The summed E-state index contributed by atoms with van der Waals surface area (Å²) in [4.78, 5) is 0. The number of aliphatic hydroxyl groups excluding tert-OH is 1. The maximum absolute atomic E-state index is 13.9. The number of nitrogens with two attached hydrogens (primary N) is 1. The van der Waals surface area contributed by atoms with Gasteiger partial charge in [0.2, 0.25) is 0 Å². The SMILES string of the molecule is NCC(c1ccccc1)C(O)c1cccc(Cl)c1F. The quantitative estimate of drug-likeness (QED) is 0.902. The molecule has 2 aromatic carbocycles. The van der Waals surface area contributed by atoms with Crippen LogP contribution in [-0.4, -0.2) is 11.7 Å². The van der Waals surface area contributed by atoms with E-state index in [1.807, 2.05) is 30.3 Å². The molecule has 3 N–H and O–H groups in total. The molecule has 0 saturated carbocycles. The molecule has 100 valence electrons. The summed E-state index contributed by atoms with van der Waals surface area (Å²) in [5.74, 6) is -0.958. The van der Waals surface area contributed by atoms with Crippen molar-refractivity contribution in [3.8, 4) is 0 Å². The van der Waals surface area contributed by atoms with Crippen LogP contribution in [0.25, 0.3) is 0 Å². The van der Waals surface area contributed by atoms with E-state index >= 15 is 0 Å². The van der Waals surface area contributed by atoms with Gasteiger partial charge < -0.3 is 10.8 Å². The van der Waals surface area contributed by atoms with Gasteiger partial charge in [-0.05, 0) is 11.6 Å². The highest BCUT2D eigenvalue weighted by Gasteiger charge is 2.24. The largest absolute Gasteiger partial charge is 0.388 e. The third kappa shape index (κ3) is 2.95. The van der Waals surface area contributed by atoms with Gasteiger partial charge in [-0.2, -0.15) is 0 Å². The van der Waals surface area contributed by atoms with Crippen LogP contribution in [0.1, 0.15) is 23.1 Å². The van der Waals surface area contributed by atoms with Gasteiger partial charge in [0.15, 0.2) is 0 Å². The smallest absolute Gasteiger partial charge is 0.147 e. The molecule has 0 fully saturated rings. The van der Waals surface area contributed by atoms with Crippen molar-refractivity contribution in [1.82, 2.24) is 0 Å². The summed E-state index contributed by atoms with van der Waals surface area (Å²) in [6.07, 6.45) is -1.02. The summed E-state index contributed by atoms with van der Waals surface area (Å²) in [6, 6.07) is 13.9. The molecule has 0 aromatic heterocycles. The van der Waals surface area contributed by atoms with Crippen LogP contribution >= 0.6 is 11.6 Å². The van der Waals surface area contributed by atoms with E-state index in [-0.39, 0.29) is 23.0 Å². The monoisotopic (exact) mass is 279 g/mol. The van der Waals surface area contributed by atoms with E-state index in [2.05, 4.69) is 0 Å². The van der Waals surface area contributed by atoms with Crippen LogP contribution in [0.4, 0.5) is 4.39 Å². The zero-order valence-corrected chi connectivity index (χ0v) is 11.0. The lowest BCUT2D eigenvalue weighted by Crippen LogP contribution is -2.21. The first-order chi connectivity index (χ1) is 9.15. The Morgan fingerprint density at radius 3 is 2.42 bits per heavy atom. The molecule has 0 aliphatic rings. The molecule has 0 radical (unpaired) electrons. The fourth-order valence-electron chi connectivity index (χ4n) is 2.11. The minimum absolute atomic E-state index is 0.000355. The fraction of sp³-hybridized carbons (Fsp3) is 0.200. The summed E-state index contributed by atoms with van der Waals surface area (Å²) in [5, 5.41) is 10.4. The molecule has 0 aliphatic carbocycles. The number of halogens is 2. The topological polar surface area (TPSA) is 46.2 Å². The van der Waals surface area contributed by atoms with Crippen LogP contribution in [0, 0.1) is 5.82 Å². The number of aliphatic hydroxyl groups is 1. The lowest BCUT2D eigenvalue weighted by Gasteiger charge is -2.23. The molecule has 2 nitrogen and oxygen atoms in total. The van der Waals surface area contributed by atoms with Gasteiger partial charge in [-0.3, -0.25) is 0 Å². The van der Waals surface area contributed by atoms with Crippen LogP contribution < -0.4 is 5.73 Å². The predicted octanol–water partition coefficient (Wildman–Crippen LogP) is 3.26. The van der Waals surface area contributed by atoms with Crippen LogP contribution in [0.3, 0.4) is 0 Å². The first-order valence-electron chi connectivity index (χ1n) is 6.02. The molecule has 2 atom stereocenters. The van der Waals surface area contributed by atoms with Gasteiger partial charge in [0.25, 0.3) is 0 Å². The Kier molecular flexibility index (Phi) is 4.53. The highest BCUT2D eigenvalue weighted by Crippen LogP contribution is 2.33. The van der Waals surface area contributed by atoms with Crippen molar-refractivity contribution in [3.63, 3.8) is 0 Å². The van der Waals surface area contributed by atoms with Crippen LogP contribution in [-0.2, 0) is 0 Å². The maximum Gasteiger partial charge on any atom is 0.147 e. The number of benzene rings is 2. The second-order valence-electron chi connectivity index (χ2n) is 4.34. The van der Waals surface area contributed by atoms with Crippen molar-refractivity contribution in [1.29, 1.82) is 0 Å². The van der Waals surface area contributed by atoms with Gasteiger partial charge in [0.05, 0.1) is 11.1 Å². The summed E-state index contributed by atoms with van der Waals surface area (Å²) in [6.45, 7) is 0.219. The van der Waals surface area contributed by atoms with Crippen molar-refractivity contribution in [2.75, 3.05) is 6.54 Å². The van der Waals surface area contributed by atoms with Gasteiger partial charge in [0.1, 0.15) is 5.82 Å². The highest BCUT2D eigenvalue weighted by molar-refractivity contribution is 6.30. The lowest BCUT2D eigenvalue weighted by molar-refractivity contribution is 0.143. The first-order valence-corrected chi connectivity index (χ1v) is 6.40. The zero-order valence-electron chi connectivity index (χ0n) is 10.3. The molecular weight excluding hydrogens is 265 g/mol. The first kappa shape index (κ1) is 14.0. The normalized spacial score (nSPS) is 14.1. The van der Waals surface area contributed by atoms with Gasteiger partial charge in [0, 0.05) is 18.0 Å². The molecule has 0 bridgehead atoms. The molecule has 2 aromatic rings. The third-order valence-electron chi connectivity index (χ3n) is 3.16. The van der Waals surface area contributed by atoms with E-state index in [4.69, 9.17) is 17.3 Å². The van der Waals surface area contributed by atoms with Gasteiger partial charge >= 0.3 is 0 Å². The van der Waals surface area contributed by atoms with Crippen molar-refractivity contribution in [3.05, 3.63) is 70.5 Å². The van der Waals surface area contributed by atoms with Crippen molar-refractivity contribution in [2.24, 2.45) is 5.73 Å².